The van der Waals surface area contributed by atoms with Crippen molar-refractivity contribution in [3.63, 3.8) is 0 Å². The van der Waals surface area contributed by atoms with E-state index in [1.807, 2.05) is 18.2 Å². The lowest BCUT2D eigenvalue weighted by atomic mass is 10.2. The molecule has 2 fully saturated rings. The van der Waals surface area contributed by atoms with Crippen molar-refractivity contribution in [2.45, 2.75) is 25.8 Å². The molecule has 0 bridgehead atoms. The van der Waals surface area contributed by atoms with E-state index >= 15 is 0 Å². The van der Waals surface area contributed by atoms with Crippen LogP contribution >= 0.6 is 24.0 Å². The second kappa shape index (κ2) is 14.8. The van der Waals surface area contributed by atoms with E-state index in [1.54, 1.807) is 7.05 Å². The molecule has 0 aromatic heterocycles. The topological polar surface area (TPSA) is 67.4 Å². The highest BCUT2D eigenvalue weighted by atomic mass is 127. The van der Waals surface area contributed by atoms with Crippen molar-refractivity contribution in [2.24, 2.45) is 10.9 Å². The molecule has 170 valence electrons. The summed E-state index contributed by atoms with van der Waals surface area (Å²) in [5.74, 6) is 2.56. The number of rotatable bonds is 12. The van der Waals surface area contributed by atoms with Crippen LogP contribution in [0.4, 0.5) is 0 Å². The minimum absolute atomic E-state index is 0. The third-order valence-corrected chi connectivity index (χ3v) is 5.22. The molecule has 1 saturated heterocycles. The summed E-state index contributed by atoms with van der Waals surface area (Å²) in [4.78, 5) is 6.69. The zero-order valence-electron chi connectivity index (χ0n) is 18.1. The van der Waals surface area contributed by atoms with Gasteiger partial charge in [-0.3, -0.25) is 9.89 Å². The quantitative estimate of drug-likeness (QED) is 0.187. The molecular weight excluding hydrogens is 495 g/mol. The van der Waals surface area contributed by atoms with E-state index < -0.39 is 0 Å². The Bertz CT molecular complexity index is 622. The summed E-state index contributed by atoms with van der Waals surface area (Å²) in [5, 5.41) is 6.72. The first-order valence-electron chi connectivity index (χ1n) is 10.9. The van der Waals surface area contributed by atoms with E-state index in [1.165, 1.54) is 12.8 Å². The number of aliphatic imine (C=N–C) groups is 1. The van der Waals surface area contributed by atoms with Gasteiger partial charge in [0.05, 0.1) is 13.2 Å². The largest absolute Gasteiger partial charge is 0.492 e. The van der Waals surface area contributed by atoms with E-state index in [9.17, 15) is 0 Å². The molecule has 1 saturated carbocycles. The summed E-state index contributed by atoms with van der Waals surface area (Å²) >= 11 is 0. The summed E-state index contributed by atoms with van der Waals surface area (Å²) in [5.41, 5.74) is 1.13. The predicted molar refractivity (Wildman–Crippen MR) is 131 cm³/mol. The Morgan fingerprint density at radius 2 is 1.97 bits per heavy atom. The van der Waals surface area contributed by atoms with Crippen molar-refractivity contribution in [3.05, 3.63) is 29.8 Å². The second-order valence-electron chi connectivity index (χ2n) is 7.63. The maximum Gasteiger partial charge on any atom is 0.191 e. The molecule has 8 heteroatoms. The molecule has 1 heterocycles. The van der Waals surface area contributed by atoms with Crippen molar-refractivity contribution in [3.8, 4) is 5.75 Å². The van der Waals surface area contributed by atoms with Gasteiger partial charge in [0.2, 0.25) is 0 Å². The van der Waals surface area contributed by atoms with Crippen LogP contribution in [0.15, 0.2) is 29.3 Å². The number of guanidine groups is 1. The first-order valence-corrected chi connectivity index (χ1v) is 10.9. The van der Waals surface area contributed by atoms with E-state index in [0.717, 1.165) is 82.2 Å². The minimum Gasteiger partial charge on any atom is -0.492 e. The fourth-order valence-corrected chi connectivity index (χ4v) is 3.22. The van der Waals surface area contributed by atoms with Gasteiger partial charge >= 0.3 is 0 Å². The molecule has 0 spiro atoms. The number of nitrogens with one attached hydrogen (secondary N) is 2. The average Bonchev–Trinajstić information content (AvgIpc) is 3.59. The number of ether oxygens (including phenoxy) is 3. The van der Waals surface area contributed by atoms with E-state index in [-0.39, 0.29) is 24.0 Å². The minimum atomic E-state index is 0. The fraction of sp³-hybridized carbons (Fsp3) is 0.682. The van der Waals surface area contributed by atoms with Crippen LogP contribution < -0.4 is 15.4 Å². The monoisotopic (exact) mass is 532 g/mol. The molecular formula is C22H37IN4O3. The molecule has 30 heavy (non-hydrogen) atoms. The SMILES string of the molecule is CN=C(NCCCOCC1CC1)NCc1ccccc1OCCN1CCOCC1.I. The standard InChI is InChI=1S/C22H36N4O3.HI/c1-23-22(24-9-4-13-28-18-19-7-8-19)25-17-20-5-2-3-6-21(20)29-16-12-26-10-14-27-15-11-26;/h2-3,5-6,19H,4,7-18H2,1H3,(H2,23,24,25);1H. The number of morpholine rings is 1. The van der Waals surface area contributed by atoms with Crippen LogP contribution in [0, 0.1) is 5.92 Å². The second-order valence-corrected chi connectivity index (χ2v) is 7.63. The molecule has 3 rings (SSSR count). The first-order chi connectivity index (χ1) is 14.3. The van der Waals surface area contributed by atoms with Crippen LogP contribution in [-0.2, 0) is 16.0 Å². The number of hydrogen-bond acceptors (Lipinski definition) is 5. The third-order valence-electron chi connectivity index (χ3n) is 5.22. The van der Waals surface area contributed by atoms with Gasteiger partial charge in [0.15, 0.2) is 5.96 Å². The Morgan fingerprint density at radius 1 is 1.17 bits per heavy atom. The number of hydrogen-bond donors (Lipinski definition) is 2. The lowest BCUT2D eigenvalue weighted by molar-refractivity contribution is 0.0322. The molecule has 1 aromatic carbocycles. The van der Waals surface area contributed by atoms with Crippen molar-refractivity contribution >= 4 is 29.9 Å². The zero-order chi connectivity index (χ0) is 20.2. The predicted octanol–water partition coefficient (Wildman–Crippen LogP) is 2.50. The summed E-state index contributed by atoms with van der Waals surface area (Å²) in [7, 11) is 1.80. The highest BCUT2D eigenvalue weighted by Gasteiger charge is 2.20. The lowest BCUT2D eigenvalue weighted by Crippen LogP contribution is -2.39. The molecule has 1 aliphatic carbocycles. The van der Waals surface area contributed by atoms with Gasteiger partial charge in [0, 0.05) is 58.5 Å². The Labute approximate surface area is 197 Å². The Kier molecular flexibility index (Phi) is 12.4. The smallest absolute Gasteiger partial charge is 0.191 e. The van der Waals surface area contributed by atoms with Gasteiger partial charge in [-0.15, -0.1) is 24.0 Å². The molecule has 0 radical (unpaired) electrons. The summed E-state index contributed by atoms with van der Waals surface area (Å²) < 4.78 is 17.1. The Morgan fingerprint density at radius 3 is 2.73 bits per heavy atom. The van der Waals surface area contributed by atoms with E-state index in [0.29, 0.717) is 13.2 Å². The highest BCUT2D eigenvalue weighted by molar-refractivity contribution is 14.0. The van der Waals surface area contributed by atoms with Gasteiger partial charge in [-0.05, 0) is 31.2 Å². The molecule has 0 unspecified atom stereocenters. The molecule has 1 aliphatic heterocycles. The van der Waals surface area contributed by atoms with Crippen molar-refractivity contribution in [1.82, 2.24) is 15.5 Å². The van der Waals surface area contributed by atoms with Gasteiger partial charge in [0.1, 0.15) is 12.4 Å². The van der Waals surface area contributed by atoms with Gasteiger partial charge < -0.3 is 24.8 Å². The van der Waals surface area contributed by atoms with Gasteiger partial charge in [-0.25, -0.2) is 0 Å². The van der Waals surface area contributed by atoms with Crippen molar-refractivity contribution < 1.29 is 14.2 Å². The molecule has 7 nitrogen and oxygen atoms in total. The number of halogens is 1. The maximum atomic E-state index is 6.06. The average molecular weight is 532 g/mol. The van der Waals surface area contributed by atoms with E-state index in [2.05, 4.69) is 26.6 Å². The highest BCUT2D eigenvalue weighted by Crippen LogP contribution is 2.28. The van der Waals surface area contributed by atoms with E-state index in [4.69, 9.17) is 14.2 Å². The number of nitrogens with zero attached hydrogens (tertiary/aromatic N) is 2. The van der Waals surface area contributed by atoms with Gasteiger partial charge in [-0.2, -0.15) is 0 Å². The van der Waals surface area contributed by atoms with Crippen molar-refractivity contribution in [1.29, 1.82) is 0 Å². The third kappa shape index (κ3) is 9.80. The van der Waals surface area contributed by atoms with Crippen LogP contribution in [0.3, 0.4) is 0 Å². The van der Waals surface area contributed by atoms with Gasteiger partial charge in [0.25, 0.3) is 0 Å². The van der Waals surface area contributed by atoms with Crippen LogP contribution in [0.25, 0.3) is 0 Å². The zero-order valence-corrected chi connectivity index (χ0v) is 20.4. The lowest BCUT2D eigenvalue weighted by Gasteiger charge is -2.26. The van der Waals surface area contributed by atoms with Crippen LogP contribution in [0.2, 0.25) is 0 Å². The van der Waals surface area contributed by atoms with Crippen LogP contribution in [0.5, 0.6) is 5.75 Å². The fourth-order valence-electron chi connectivity index (χ4n) is 3.22. The molecule has 0 amide bonds. The van der Waals surface area contributed by atoms with Crippen molar-refractivity contribution in [2.75, 3.05) is 66.3 Å². The summed E-state index contributed by atoms with van der Waals surface area (Å²) in [6.45, 7) is 8.48. The Balaban J connectivity index is 0.00000320. The molecule has 2 N–H and O–H groups in total. The summed E-state index contributed by atoms with van der Waals surface area (Å²) in [6, 6.07) is 8.18. The molecule has 2 aliphatic rings. The molecule has 0 atom stereocenters. The molecule has 1 aromatic rings. The normalized spacial score (nSPS) is 17.3. The summed E-state index contributed by atoms with van der Waals surface area (Å²) in [6.07, 6.45) is 3.66. The van der Waals surface area contributed by atoms with Crippen LogP contribution in [0.1, 0.15) is 24.8 Å². The Hall–Kier alpha value is -1.10. The van der Waals surface area contributed by atoms with Crippen LogP contribution in [-0.4, -0.2) is 77.1 Å². The van der Waals surface area contributed by atoms with Gasteiger partial charge in [-0.1, -0.05) is 18.2 Å². The maximum absolute atomic E-state index is 6.06. The number of benzene rings is 1. The number of para-hydroxylation sites is 1. The first kappa shape index (κ1) is 25.2.